The highest BCUT2D eigenvalue weighted by Crippen LogP contribution is 2.03. The van der Waals surface area contributed by atoms with Crippen LogP contribution in [0.25, 0.3) is 0 Å². The van der Waals surface area contributed by atoms with E-state index in [1.807, 2.05) is 18.2 Å². The van der Waals surface area contributed by atoms with Gasteiger partial charge in [-0.15, -0.1) is 0 Å². The molecule has 0 saturated heterocycles. The van der Waals surface area contributed by atoms with E-state index < -0.39 is 30.1 Å². The molecule has 154 valence electrons. The highest BCUT2D eigenvalue weighted by atomic mass is 16.5. The Balaban J connectivity index is 2.31. The molecule has 3 amide bonds. The van der Waals surface area contributed by atoms with Gasteiger partial charge in [0.2, 0.25) is 11.8 Å². The number of benzene rings is 1. The standard InChI is InChI=1S/C19H27N3O6/c1-2-14(23)8-9-16(18(20)26)22-17(25)10-15(24)11-21-19(27)28-12-13-6-4-3-5-7-13/h3-7,15-16,24H,2,8-12H2,1H3,(H2,20,26)(H,21,27)(H,22,25)/t15-,16+/m1/s1. The van der Waals surface area contributed by atoms with Gasteiger partial charge in [-0.2, -0.15) is 0 Å². The highest BCUT2D eigenvalue weighted by Gasteiger charge is 2.21. The third-order valence-electron chi connectivity index (χ3n) is 3.90. The van der Waals surface area contributed by atoms with E-state index >= 15 is 0 Å². The van der Waals surface area contributed by atoms with Gasteiger partial charge in [-0.05, 0) is 12.0 Å². The Kier molecular flexibility index (Phi) is 10.3. The molecular weight excluding hydrogens is 366 g/mol. The first-order valence-corrected chi connectivity index (χ1v) is 9.04. The van der Waals surface area contributed by atoms with E-state index in [1.54, 1.807) is 19.1 Å². The predicted molar refractivity (Wildman–Crippen MR) is 101 cm³/mol. The topological polar surface area (TPSA) is 148 Å². The first kappa shape index (κ1) is 23.1. The molecule has 9 heteroatoms. The Morgan fingerprint density at radius 1 is 1.18 bits per heavy atom. The summed E-state index contributed by atoms with van der Waals surface area (Å²) in [5.74, 6) is -1.41. The van der Waals surface area contributed by atoms with Crippen LogP contribution in [0.1, 0.15) is 38.2 Å². The van der Waals surface area contributed by atoms with Gasteiger partial charge in [0, 0.05) is 19.4 Å². The van der Waals surface area contributed by atoms with Crippen LogP contribution in [0.15, 0.2) is 30.3 Å². The smallest absolute Gasteiger partial charge is 0.407 e. The van der Waals surface area contributed by atoms with Crippen molar-refractivity contribution in [2.45, 2.75) is 51.4 Å². The van der Waals surface area contributed by atoms with E-state index in [0.717, 1.165) is 5.56 Å². The minimum atomic E-state index is -1.17. The molecule has 0 aliphatic heterocycles. The highest BCUT2D eigenvalue weighted by molar-refractivity contribution is 5.87. The molecule has 0 aromatic heterocycles. The van der Waals surface area contributed by atoms with Gasteiger partial charge < -0.3 is 26.2 Å². The van der Waals surface area contributed by atoms with Crippen LogP contribution in [0.2, 0.25) is 0 Å². The summed E-state index contributed by atoms with van der Waals surface area (Å²) in [5.41, 5.74) is 6.04. The van der Waals surface area contributed by atoms with E-state index in [1.165, 1.54) is 0 Å². The predicted octanol–water partition coefficient (Wildman–Crippen LogP) is 0.393. The maximum absolute atomic E-state index is 11.9. The zero-order valence-corrected chi connectivity index (χ0v) is 15.8. The molecule has 1 rings (SSSR count). The SMILES string of the molecule is CCC(=O)CC[C@H](NC(=O)C[C@@H](O)CNC(=O)OCc1ccccc1)C(N)=O. The molecule has 0 aliphatic carbocycles. The quantitative estimate of drug-likeness (QED) is 0.404. The van der Waals surface area contributed by atoms with Crippen LogP contribution < -0.4 is 16.4 Å². The molecule has 0 fully saturated rings. The average Bonchev–Trinajstić information content (AvgIpc) is 2.68. The van der Waals surface area contributed by atoms with Crippen molar-refractivity contribution in [3.63, 3.8) is 0 Å². The molecule has 0 bridgehead atoms. The zero-order chi connectivity index (χ0) is 20.9. The van der Waals surface area contributed by atoms with E-state index in [4.69, 9.17) is 10.5 Å². The minimum absolute atomic E-state index is 0.0428. The summed E-state index contributed by atoms with van der Waals surface area (Å²) in [5, 5.41) is 14.6. The normalized spacial score (nSPS) is 12.5. The summed E-state index contributed by atoms with van der Waals surface area (Å²) in [6, 6.07) is 8.09. The Morgan fingerprint density at radius 3 is 2.46 bits per heavy atom. The number of nitrogens with one attached hydrogen (secondary N) is 2. The number of hydrogen-bond donors (Lipinski definition) is 4. The van der Waals surface area contributed by atoms with Crippen molar-refractivity contribution >= 4 is 23.7 Å². The molecule has 0 aliphatic rings. The van der Waals surface area contributed by atoms with E-state index in [9.17, 15) is 24.3 Å². The van der Waals surface area contributed by atoms with Crippen LogP contribution in [0.5, 0.6) is 0 Å². The summed E-state index contributed by atoms with van der Waals surface area (Å²) in [4.78, 5) is 46.3. The Morgan fingerprint density at radius 2 is 1.86 bits per heavy atom. The first-order valence-electron chi connectivity index (χ1n) is 9.04. The third kappa shape index (κ3) is 9.67. The number of aliphatic hydroxyl groups is 1. The van der Waals surface area contributed by atoms with Crippen LogP contribution >= 0.6 is 0 Å². The number of rotatable bonds is 12. The van der Waals surface area contributed by atoms with Crippen molar-refractivity contribution < 1.29 is 29.0 Å². The Hall–Kier alpha value is -2.94. The number of aliphatic hydroxyl groups excluding tert-OH is 1. The molecule has 2 atom stereocenters. The Bertz CT molecular complexity index is 665. The maximum atomic E-state index is 11.9. The monoisotopic (exact) mass is 393 g/mol. The molecule has 0 spiro atoms. The molecule has 0 radical (unpaired) electrons. The van der Waals surface area contributed by atoms with Gasteiger partial charge in [-0.1, -0.05) is 37.3 Å². The number of hydrogen-bond acceptors (Lipinski definition) is 6. The molecule has 0 unspecified atom stereocenters. The van der Waals surface area contributed by atoms with Gasteiger partial charge in [-0.25, -0.2) is 4.79 Å². The number of Topliss-reactive ketones (excluding diaryl/α,β-unsaturated/α-hetero) is 1. The van der Waals surface area contributed by atoms with Gasteiger partial charge >= 0.3 is 6.09 Å². The van der Waals surface area contributed by atoms with Crippen molar-refractivity contribution in [3.05, 3.63) is 35.9 Å². The summed E-state index contributed by atoms with van der Waals surface area (Å²) in [7, 11) is 0. The largest absolute Gasteiger partial charge is 0.445 e. The second kappa shape index (κ2) is 12.4. The fraction of sp³-hybridized carbons (Fsp3) is 0.474. The average molecular weight is 393 g/mol. The maximum Gasteiger partial charge on any atom is 0.407 e. The number of carbonyl (C=O) groups is 4. The van der Waals surface area contributed by atoms with Gasteiger partial charge in [0.15, 0.2) is 0 Å². The first-order chi connectivity index (χ1) is 13.3. The van der Waals surface area contributed by atoms with Gasteiger partial charge in [0.25, 0.3) is 0 Å². The van der Waals surface area contributed by atoms with E-state index in [-0.39, 0.29) is 38.2 Å². The zero-order valence-electron chi connectivity index (χ0n) is 15.8. The van der Waals surface area contributed by atoms with Crippen molar-refractivity contribution in [1.29, 1.82) is 0 Å². The van der Waals surface area contributed by atoms with Crippen LogP contribution in [-0.2, 0) is 25.7 Å². The summed E-state index contributed by atoms with van der Waals surface area (Å²) in [6.45, 7) is 1.59. The lowest BCUT2D eigenvalue weighted by Crippen LogP contribution is -2.46. The number of ether oxygens (including phenoxy) is 1. The van der Waals surface area contributed by atoms with Crippen molar-refractivity contribution in [1.82, 2.24) is 10.6 Å². The molecule has 9 nitrogen and oxygen atoms in total. The molecule has 0 saturated carbocycles. The molecule has 5 N–H and O–H groups in total. The molecule has 1 aromatic carbocycles. The fourth-order valence-electron chi connectivity index (χ4n) is 2.28. The number of primary amides is 1. The minimum Gasteiger partial charge on any atom is -0.445 e. The Labute approximate surface area is 163 Å². The van der Waals surface area contributed by atoms with Crippen molar-refractivity contribution in [2.75, 3.05) is 6.54 Å². The lowest BCUT2D eigenvalue weighted by molar-refractivity contribution is -0.129. The van der Waals surface area contributed by atoms with Crippen LogP contribution in [0, 0.1) is 0 Å². The summed E-state index contributed by atoms with van der Waals surface area (Å²) < 4.78 is 4.99. The third-order valence-corrected chi connectivity index (χ3v) is 3.90. The molecule has 28 heavy (non-hydrogen) atoms. The lowest BCUT2D eigenvalue weighted by Gasteiger charge is -2.17. The van der Waals surface area contributed by atoms with E-state index in [0.29, 0.717) is 6.42 Å². The van der Waals surface area contributed by atoms with Crippen LogP contribution in [0.3, 0.4) is 0 Å². The van der Waals surface area contributed by atoms with Crippen LogP contribution in [0.4, 0.5) is 4.79 Å². The second-order valence-corrected chi connectivity index (χ2v) is 6.25. The van der Waals surface area contributed by atoms with E-state index in [2.05, 4.69) is 10.6 Å². The molecule has 1 aromatic rings. The number of amides is 3. The number of nitrogens with two attached hydrogens (primary N) is 1. The lowest BCUT2D eigenvalue weighted by atomic mass is 10.1. The van der Waals surface area contributed by atoms with Crippen LogP contribution in [-0.4, -0.2) is 47.5 Å². The summed E-state index contributed by atoms with van der Waals surface area (Å²) in [6.07, 6.45) is -1.67. The second-order valence-electron chi connectivity index (χ2n) is 6.25. The fourth-order valence-corrected chi connectivity index (χ4v) is 2.28. The number of ketones is 1. The van der Waals surface area contributed by atoms with Crippen molar-refractivity contribution in [2.24, 2.45) is 5.73 Å². The van der Waals surface area contributed by atoms with Gasteiger partial charge in [0.05, 0.1) is 12.5 Å². The number of carbonyl (C=O) groups excluding carboxylic acids is 4. The summed E-state index contributed by atoms with van der Waals surface area (Å²) >= 11 is 0. The van der Waals surface area contributed by atoms with Crippen molar-refractivity contribution in [3.8, 4) is 0 Å². The van der Waals surface area contributed by atoms with Gasteiger partial charge in [0.1, 0.15) is 18.4 Å². The molecule has 0 heterocycles. The number of alkyl carbamates (subject to hydrolysis) is 1. The van der Waals surface area contributed by atoms with Gasteiger partial charge in [-0.3, -0.25) is 14.4 Å². The molecular formula is C19H27N3O6.